The van der Waals surface area contributed by atoms with Gasteiger partial charge in [-0.2, -0.15) is 5.10 Å². The molecule has 1 unspecified atom stereocenters. The topological polar surface area (TPSA) is 84.2 Å². The molecular formula is C15H25N3O3. The lowest BCUT2D eigenvalue weighted by atomic mass is 9.95. The maximum absolute atomic E-state index is 12.0. The van der Waals surface area contributed by atoms with Gasteiger partial charge >= 0.3 is 0 Å². The number of carbonyl (C=O) groups is 1. The molecule has 1 amide bonds. The van der Waals surface area contributed by atoms with E-state index in [9.17, 15) is 14.7 Å². The van der Waals surface area contributed by atoms with Gasteiger partial charge in [0.1, 0.15) is 5.69 Å². The van der Waals surface area contributed by atoms with Gasteiger partial charge in [0.25, 0.3) is 11.5 Å². The number of rotatable bonds is 7. The molecule has 0 aliphatic carbocycles. The van der Waals surface area contributed by atoms with Gasteiger partial charge in [-0.05, 0) is 38.7 Å². The fourth-order valence-corrected chi connectivity index (χ4v) is 1.85. The Morgan fingerprint density at radius 1 is 1.48 bits per heavy atom. The SMILES string of the molecule is CCn1nc(C(=O)NCC(C)(O)CCC(C)C)ccc1=O. The summed E-state index contributed by atoms with van der Waals surface area (Å²) in [5.74, 6) is 0.115. The fraction of sp³-hybridized carbons (Fsp3) is 0.667. The van der Waals surface area contributed by atoms with Crippen LogP contribution in [0.5, 0.6) is 0 Å². The van der Waals surface area contributed by atoms with E-state index in [2.05, 4.69) is 24.3 Å². The first-order valence-corrected chi connectivity index (χ1v) is 7.34. The molecule has 0 saturated heterocycles. The standard InChI is InChI=1S/C15H25N3O3/c1-5-18-13(19)7-6-12(17-18)14(20)16-10-15(4,21)9-8-11(2)3/h6-7,11,21H,5,8-10H2,1-4H3,(H,16,20). The van der Waals surface area contributed by atoms with Crippen LogP contribution in [-0.2, 0) is 6.54 Å². The molecule has 0 aliphatic rings. The highest BCUT2D eigenvalue weighted by molar-refractivity contribution is 5.92. The van der Waals surface area contributed by atoms with Crippen molar-refractivity contribution in [1.82, 2.24) is 15.1 Å². The molecule has 1 atom stereocenters. The summed E-state index contributed by atoms with van der Waals surface area (Å²) < 4.78 is 1.23. The maximum Gasteiger partial charge on any atom is 0.271 e. The number of amides is 1. The van der Waals surface area contributed by atoms with Crippen molar-refractivity contribution in [2.45, 2.75) is 52.7 Å². The van der Waals surface area contributed by atoms with Crippen LogP contribution in [0.2, 0.25) is 0 Å². The largest absolute Gasteiger partial charge is 0.388 e. The Bertz CT molecular complexity index is 535. The Labute approximate surface area is 125 Å². The Kier molecular flexibility index (Phi) is 6.08. The van der Waals surface area contributed by atoms with Crippen LogP contribution in [0.4, 0.5) is 0 Å². The number of hydrogen-bond acceptors (Lipinski definition) is 4. The van der Waals surface area contributed by atoms with Gasteiger partial charge in [-0.25, -0.2) is 4.68 Å². The van der Waals surface area contributed by atoms with E-state index >= 15 is 0 Å². The second-order valence-corrected chi connectivity index (χ2v) is 5.98. The third kappa shape index (κ3) is 5.67. The van der Waals surface area contributed by atoms with Gasteiger partial charge in [-0.3, -0.25) is 9.59 Å². The molecule has 6 heteroatoms. The minimum atomic E-state index is -0.945. The third-order valence-corrected chi connectivity index (χ3v) is 3.29. The van der Waals surface area contributed by atoms with E-state index in [-0.39, 0.29) is 23.7 Å². The van der Waals surface area contributed by atoms with Gasteiger partial charge in [0.05, 0.1) is 5.60 Å². The minimum Gasteiger partial charge on any atom is -0.388 e. The van der Waals surface area contributed by atoms with Crippen molar-refractivity contribution in [3.8, 4) is 0 Å². The molecular weight excluding hydrogens is 270 g/mol. The Morgan fingerprint density at radius 2 is 2.14 bits per heavy atom. The number of nitrogens with one attached hydrogen (secondary N) is 1. The number of aryl methyl sites for hydroxylation is 1. The molecule has 21 heavy (non-hydrogen) atoms. The lowest BCUT2D eigenvalue weighted by molar-refractivity contribution is 0.0428. The second-order valence-electron chi connectivity index (χ2n) is 5.98. The van der Waals surface area contributed by atoms with Crippen LogP contribution < -0.4 is 10.9 Å². The molecule has 0 aliphatic heterocycles. The average Bonchev–Trinajstić information content (AvgIpc) is 2.43. The van der Waals surface area contributed by atoms with Gasteiger partial charge in [-0.1, -0.05) is 13.8 Å². The molecule has 1 aromatic heterocycles. The average molecular weight is 295 g/mol. The first-order valence-electron chi connectivity index (χ1n) is 7.34. The van der Waals surface area contributed by atoms with Gasteiger partial charge in [-0.15, -0.1) is 0 Å². The summed E-state index contributed by atoms with van der Waals surface area (Å²) >= 11 is 0. The zero-order chi connectivity index (χ0) is 16.0. The zero-order valence-electron chi connectivity index (χ0n) is 13.2. The molecule has 1 aromatic rings. The van der Waals surface area contributed by atoms with Crippen LogP contribution in [0.25, 0.3) is 0 Å². The molecule has 0 fully saturated rings. The predicted octanol–water partition coefficient (Wildman–Crippen LogP) is 1.18. The summed E-state index contributed by atoms with van der Waals surface area (Å²) in [6.45, 7) is 8.24. The Hall–Kier alpha value is -1.69. The molecule has 118 valence electrons. The van der Waals surface area contributed by atoms with Crippen LogP contribution >= 0.6 is 0 Å². The lowest BCUT2D eigenvalue weighted by Gasteiger charge is -2.24. The van der Waals surface area contributed by atoms with Crippen LogP contribution in [0.15, 0.2) is 16.9 Å². The van der Waals surface area contributed by atoms with Crippen molar-refractivity contribution in [2.75, 3.05) is 6.54 Å². The van der Waals surface area contributed by atoms with E-state index < -0.39 is 5.60 Å². The molecule has 1 heterocycles. The fourth-order valence-electron chi connectivity index (χ4n) is 1.85. The molecule has 0 spiro atoms. The predicted molar refractivity (Wildman–Crippen MR) is 81.2 cm³/mol. The number of nitrogens with zero attached hydrogens (tertiary/aromatic N) is 2. The molecule has 0 saturated carbocycles. The Morgan fingerprint density at radius 3 is 2.71 bits per heavy atom. The molecule has 0 bridgehead atoms. The quantitative estimate of drug-likeness (QED) is 0.791. The van der Waals surface area contributed by atoms with E-state index in [0.717, 1.165) is 6.42 Å². The van der Waals surface area contributed by atoms with E-state index in [1.165, 1.54) is 16.8 Å². The van der Waals surface area contributed by atoms with E-state index in [4.69, 9.17) is 0 Å². The molecule has 2 N–H and O–H groups in total. The first-order chi connectivity index (χ1) is 9.75. The third-order valence-electron chi connectivity index (χ3n) is 3.29. The van der Waals surface area contributed by atoms with Gasteiger partial charge in [0, 0.05) is 19.2 Å². The van der Waals surface area contributed by atoms with Crippen molar-refractivity contribution < 1.29 is 9.90 Å². The monoisotopic (exact) mass is 295 g/mol. The molecule has 0 radical (unpaired) electrons. The summed E-state index contributed by atoms with van der Waals surface area (Å²) in [4.78, 5) is 23.4. The summed E-state index contributed by atoms with van der Waals surface area (Å²) in [5.41, 5.74) is -1.01. The van der Waals surface area contributed by atoms with E-state index in [1.54, 1.807) is 13.8 Å². The summed E-state index contributed by atoms with van der Waals surface area (Å²) in [7, 11) is 0. The highest BCUT2D eigenvalue weighted by atomic mass is 16.3. The van der Waals surface area contributed by atoms with Crippen LogP contribution in [0.1, 0.15) is 51.0 Å². The van der Waals surface area contributed by atoms with Crippen molar-refractivity contribution in [1.29, 1.82) is 0 Å². The first kappa shape index (κ1) is 17.4. The van der Waals surface area contributed by atoms with Gasteiger partial charge < -0.3 is 10.4 Å². The van der Waals surface area contributed by atoms with Crippen molar-refractivity contribution in [3.63, 3.8) is 0 Å². The second kappa shape index (κ2) is 7.36. The number of aliphatic hydroxyl groups is 1. The molecule has 1 rings (SSSR count). The highest BCUT2D eigenvalue weighted by Gasteiger charge is 2.22. The molecule has 0 aromatic carbocycles. The zero-order valence-corrected chi connectivity index (χ0v) is 13.2. The number of hydrogen-bond donors (Lipinski definition) is 2. The smallest absolute Gasteiger partial charge is 0.271 e. The van der Waals surface area contributed by atoms with Crippen LogP contribution in [0.3, 0.4) is 0 Å². The number of carbonyl (C=O) groups excluding carboxylic acids is 1. The minimum absolute atomic E-state index is 0.158. The van der Waals surface area contributed by atoms with E-state index in [0.29, 0.717) is 18.9 Å². The lowest BCUT2D eigenvalue weighted by Crippen LogP contribution is -2.41. The van der Waals surface area contributed by atoms with Gasteiger partial charge in [0.2, 0.25) is 0 Å². The van der Waals surface area contributed by atoms with Gasteiger partial charge in [0.15, 0.2) is 0 Å². The van der Waals surface area contributed by atoms with E-state index in [1.807, 2.05) is 0 Å². The van der Waals surface area contributed by atoms with Crippen molar-refractivity contribution >= 4 is 5.91 Å². The van der Waals surface area contributed by atoms with Crippen LogP contribution in [0, 0.1) is 5.92 Å². The summed E-state index contributed by atoms with van der Waals surface area (Å²) in [6.07, 6.45) is 1.51. The number of aromatic nitrogens is 2. The molecule has 6 nitrogen and oxygen atoms in total. The van der Waals surface area contributed by atoms with Crippen molar-refractivity contribution in [2.24, 2.45) is 5.92 Å². The Balaban J connectivity index is 2.63. The summed E-state index contributed by atoms with van der Waals surface area (Å²) in [6, 6.07) is 2.72. The van der Waals surface area contributed by atoms with Crippen LogP contribution in [-0.4, -0.2) is 32.9 Å². The summed E-state index contributed by atoms with van der Waals surface area (Å²) in [5, 5.41) is 16.9. The van der Waals surface area contributed by atoms with Crippen molar-refractivity contribution in [3.05, 3.63) is 28.2 Å². The normalized spacial score (nSPS) is 14.0. The highest BCUT2D eigenvalue weighted by Crippen LogP contribution is 2.15. The maximum atomic E-state index is 12.0.